The number of imide groups is 1. The summed E-state index contributed by atoms with van der Waals surface area (Å²) in [5.41, 5.74) is 1.62. The highest BCUT2D eigenvalue weighted by molar-refractivity contribution is 6.84. The molecule has 6 rings (SSSR count). The van der Waals surface area contributed by atoms with Gasteiger partial charge in [-0.3, -0.25) is 9.59 Å². The third-order valence-electron chi connectivity index (χ3n) is 11.2. The standard InChI is InChI=1S/C43H56N4O10Si2/c1-12-53-37(48)23-35-38-36(24-54-58(26(2)3,27(4)5)57-59(56-38,28(6)7)29(8)9)55-43(35)46-22-21-34-39(46)44-25-45-40(34)47(41(49)30-13-17-32(51-10)18-14-30)42(50)31-15-19-33(52-11)20-16-31/h13-23,25-29,36,38,43H,12,24H2,1-11H3/t36-,38+,43-/m1/s1. The van der Waals surface area contributed by atoms with Gasteiger partial charge in [-0.1, -0.05) is 55.4 Å². The maximum Gasteiger partial charge on any atom is 0.335 e. The lowest BCUT2D eigenvalue weighted by Crippen LogP contribution is -2.65. The van der Waals surface area contributed by atoms with Crippen molar-refractivity contribution in [1.29, 1.82) is 0 Å². The Morgan fingerprint density at radius 3 is 1.85 bits per heavy atom. The zero-order valence-corrected chi connectivity index (χ0v) is 37.8. The van der Waals surface area contributed by atoms with Crippen LogP contribution in [0.5, 0.6) is 11.5 Å². The quantitative estimate of drug-likeness (QED) is 0.0585. The lowest BCUT2D eigenvalue weighted by Gasteiger charge is -2.51. The predicted molar refractivity (Wildman–Crippen MR) is 227 cm³/mol. The van der Waals surface area contributed by atoms with Crippen molar-refractivity contribution in [3.8, 4) is 11.5 Å². The van der Waals surface area contributed by atoms with Gasteiger partial charge in [-0.05, 0) is 83.7 Å². The number of anilines is 1. The molecule has 0 radical (unpaired) electrons. The van der Waals surface area contributed by atoms with Crippen molar-refractivity contribution in [3.63, 3.8) is 0 Å². The van der Waals surface area contributed by atoms with E-state index in [1.807, 2.05) is 0 Å². The molecule has 2 saturated heterocycles. The number of esters is 1. The second-order valence-electron chi connectivity index (χ2n) is 16.0. The highest BCUT2D eigenvalue weighted by atomic mass is 28.5. The van der Waals surface area contributed by atoms with Crippen molar-refractivity contribution in [1.82, 2.24) is 14.5 Å². The van der Waals surface area contributed by atoms with Crippen LogP contribution in [0, 0.1) is 0 Å². The van der Waals surface area contributed by atoms with E-state index in [4.69, 9.17) is 31.9 Å². The first-order valence-electron chi connectivity index (χ1n) is 20.2. The van der Waals surface area contributed by atoms with Gasteiger partial charge in [0.25, 0.3) is 11.8 Å². The van der Waals surface area contributed by atoms with E-state index in [0.717, 1.165) is 4.90 Å². The minimum absolute atomic E-state index is 0.0253. The summed E-state index contributed by atoms with van der Waals surface area (Å²) in [5.74, 6) is -0.620. The minimum Gasteiger partial charge on any atom is -0.497 e. The van der Waals surface area contributed by atoms with Crippen molar-refractivity contribution in [2.24, 2.45) is 0 Å². The molecular formula is C43H56N4O10Si2. The largest absolute Gasteiger partial charge is 0.497 e. The second-order valence-corrected chi connectivity index (χ2v) is 24.8. The molecule has 2 fully saturated rings. The molecule has 0 N–H and O–H groups in total. The number of nitrogens with zero attached hydrogens (tertiary/aromatic N) is 4. The lowest BCUT2D eigenvalue weighted by atomic mass is 10.1. The fraction of sp³-hybridized carbons (Fsp3) is 0.465. The van der Waals surface area contributed by atoms with E-state index in [2.05, 4.69) is 65.4 Å². The fourth-order valence-corrected chi connectivity index (χ4v) is 19.3. The van der Waals surface area contributed by atoms with Crippen molar-refractivity contribution < 1.29 is 46.3 Å². The molecular weight excluding hydrogens is 789 g/mol. The number of carbonyl (C=O) groups excluding carboxylic acids is 3. The Morgan fingerprint density at radius 2 is 1.36 bits per heavy atom. The predicted octanol–water partition coefficient (Wildman–Crippen LogP) is 8.28. The zero-order valence-electron chi connectivity index (χ0n) is 35.8. The zero-order chi connectivity index (χ0) is 42.8. The molecule has 2 aliphatic heterocycles. The normalized spacial score (nSPS) is 20.8. The summed E-state index contributed by atoms with van der Waals surface area (Å²) in [7, 11) is -2.99. The van der Waals surface area contributed by atoms with Crippen molar-refractivity contribution >= 4 is 51.8 Å². The van der Waals surface area contributed by atoms with Crippen molar-refractivity contribution in [2.45, 2.75) is 103 Å². The topological polar surface area (TPSA) is 150 Å². The van der Waals surface area contributed by atoms with E-state index < -0.39 is 53.3 Å². The van der Waals surface area contributed by atoms with Crippen LogP contribution in [0.1, 0.15) is 89.3 Å². The molecule has 3 atom stereocenters. The first kappa shape index (κ1) is 43.9. The van der Waals surface area contributed by atoms with Gasteiger partial charge >= 0.3 is 23.1 Å². The molecule has 0 bridgehead atoms. The smallest absolute Gasteiger partial charge is 0.335 e. The first-order chi connectivity index (χ1) is 28.1. The van der Waals surface area contributed by atoms with Gasteiger partial charge in [-0.25, -0.2) is 19.7 Å². The molecule has 16 heteroatoms. The molecule has 4 heterocycles. The summed E-state index contributed by atoms with van der Waals surface area (Å²) in [5, 5.41) is 0.388. The summed E-state index contributed by atoms with van der Waals surface area (Å²) in [6.45, 7) is 19.2. The highest BCUT2D eigenvalue weighted by Gasteiger charge is 2.61. The number of hydrogen-bond donors (Lipinski definition) is 0. The Labute approximate surface area is 348 Å². The Bertz CT molecular complexity index is 2100. The van der Waals surface area contributed by atoms with E-state index >= 15 is 0 Å². The highest BCUT2D eigenvalue weighted by Crippen LogP contribution is 2.50. The Morgan fingerprint density at radius 1 is 0.814 bits per heavy atom. The number of benzene rings is 2. The second kappa shape index (κ2) is 17.9. The third kappa shape index (κ3) is 8.26. The van der Waals surface area contributed by atoms with Gasteiger partial charge in [0.1, 0.15) is 35.7 Å². The van der Waals surface area contributed by atoms with Gasteiger partial charge in [0, 0.05) is 29.0 Å². The van der Waals surface area contributed by atoms with Crippen LogP contribution in [0.25, 0.3) is 11.0 Å². The van der Waals surface area contributed by atoms with Crippen LogP contribution in [-0.4, -0.2) is 89.1 Å². The van der Waals surface area contributed by atoms with Crippen LogP contribution < -0.4 is 14.4 Å². The number of aromatic nitrogens is 3. The van der Waals surface area contributed by atoms with Gasteiger partial charge in [0.15, 0.2) is 12.0 Å². The fourth-order valence-electron chi connectivity index (χ4n) is 8.10. The van der Waals surface area contributed by atoms with E-state index in [-0.39, 0.29) is 52.3 Å². The average Bonchev–Trinajstić information content (AvgIpc) is 3.78. The van der Waals surface area contributed by atoms with Gasteiger partial charge in [-0.15, -0.1) is 0 Å². The molecule has 59 heavy (non-hydrogen) atoms. The van der Waals surface area contributed by atoms with E-state index in [1.165, 1.54) is 26.6 Å². The number of hydrogen-bond acceptors (Lipinski definition) is 12. The molecule has 4 aromatic rings. The number of carbonyl (C=O) groups is 3. The Kier molecular flexibility index (Phi) is 13.3. The number of ether oxygens (including phenoxy) is 4. The van der Waals surface area contributed by atoms with Crippen molar-refractivity contribution in [2.75, 3.05) is 32.3 Å². The van der Waals surface area contributed by atoms with Gasteiger partial charge < -0.3 is 36.5 Å². The van der Waals surface area contributed by atoms with Crippen molar-refractivity contribution in [3.05, 3.63) is 89.9 Å². The lowest BCUT2D eigenvalue weighted by molar-refractivity contribution is -0.137. The summed E-state index contributed by atoms with van der Waals surface area (Å²) in [4.78, 5) is 52.5. The van der Waals surface area contributed by atoms with Crippen LogP contribution in [-0.2, 0) is 27.2 Å². The van der Waals surface area contributed by atoms with Crippen LogP contribution in [0.3, 0.4) is 0 Å². The van der Waals surface area contributed by atoms with Crippen LogP contribution in [0.4, 0.5) is 5.82 Å². The molecule has 0 aliphatic carbocycles. The number of amides is 2. The Balaban J connectivity index is 1.50. The summed E-state index contributed by atoms with van der Waals surface area (Å²) < 4.78 is 46.6. The van der Waals surface area contributed by atoms with Crippen LogP contribution >= 0.6 is 0 Å². The van der Waals surface area contributed by atoms with Crippen LogP contribution in [0.15, 0.2) is 78.8 Å². The molecule has 2 amide bonds. The molecule has 2 aromatic carbocycles. The maximum atomic E-state index is 14.4. The van der Waals surface area contributed by atoms with Gasteiger partial charge in [-0.2, -0.15) is 0 Å². The number of rotatable bonds is 12. The molecule has 0 saturated carbocycles. The first-order valence-corrected chi connectivity index (χ1v) is 24.1. The molecule has 2 aliphatic rings. The number of methoxy groups -OCH3 is 2. The summed E-state index contributed by atoms with van der Waals surface area (Å²) >= 11 is 0. The molecule has 316 valence electrons. The molecule has 0 unspecified atom stereocenters. The molecule has 14 nitrogen and oxygen atoms in total. The average molecular weight is 845 g/mol. The maximum absolute atomic E-state index is 14.4. The van der Waals surface area contributed by atoms with E-state index in [0.29, 0.717) is 28.1 Å². The molecule has 2 aromatic heterocycles. The summed E-state index contributed by atoms with van der Waals surface area (Å²) in [6.07, 6.45) is 2.21. The monoisotopic (exact) mass is 844 g/mol. The van der Waals surface area contributed by atoms with Crippen LogP contribution in [0.2, 0.25) is 22.2 Å². The minimum atomic E-state index is -3.14. The summed E-state index contributed by atoms with van der Waals surface area (Å²) in [6, 6.07) is 14.7. The van der Waals surface area contributed by atoms with Gasteiger partial charge in [0.05, 0.1) is 32.8 Å². The molecule has 0 spiro atoms. The van der Waals surface area contributed by atoms with Gasteiger partial charge in [0.2, 0.25) is 0 Å². The third-order valence-corrected chi connectivity index (χ3v) is 21.4. The number of fused-ring (bicyclic) bond motifs is 2. The van der Waals surface area contributed by atoms with E-state index in [9.17, 15) is 14.4 Å². The van der Waals surface area contributed by atoms with E-state index in [1.54, 1.807) is 72.3 Å². The Hall–Kier alpha value is -4.72. The SMILES string of the molecule is CCOC(=O)C=C1[C@H](n2ccc3c(N(C(=O)c4ccc(OC)cc4)C(=O)c4ccc(OC)cc4)ncnc32)O[C@@H]2CO[Si](C(C)C)(C(C)C)O[Si](C(C)C)(C(C)C)O[C@@H]12.